The van der Waals surface area contributed by atoms with Crippen LogP contribution in [0.15, 0.2) is 65.6 Å². The predicted molar refractivity (Wildman–Crippen MR) is 121 cm³/mol. The summed E-state index contributed by atoms with van der Waals surface area (Å²) in [6, 6.07) is 17.7. The van der Waals surface area contributed by atoms with Crippen LogP contribution in [0.4, 0.5) is 0 Å². The van der Waals surface area contributed by atoms with E-state index in [1.54, 1.807) is 35.2 Å². The van der Waals surface area contributed by atoms with E-state index >= 15 is 0 Å². The fourth-order valence-electron chi connectivity index (χ4n) is 3.83. The van der Waals surface area contributed by atoms with Gasteiger partial charge in [0.1, 0.15) is 0 Å². The van der Waals surface area contributed by atoms with E-state index in [-0.39, 0.29) is 49.5 Å². The largest absolute Gasteiger partial charge is 0.455 e. The molecule has 0 spiro atoms. The molecule has 0 bridgehead atoms. The van der Waals surface area contributed by atoms with Gasteiger partial charge in [-0.2, -0.15) is 4.31 Å². The summed E-state index contributed by atoms with van der Waals surface area (Å²) < 4.78 is 32.2. The molecule has 1 aliphatic heterocycles. The van der Waals surface area contributed by atoms with E-state index in [4.69, 9.17) is 4.74 Å². The van der Waals surface area contributed by atoms with Gasteiger partial charge in [-0.15, -0.1) is 0 Å². The minimum Gasteiger partial charge on any atom is -0.455 e. The SMILES string of the molecule is CCC(C)C(C(=O)OCC(=O)N1CCN(S(=O)(=O)c2ccccc2)CC1)c1ccccc1. The Hall–Kier alpha value is -2.71. The van der Waals surface area contributed by atoms with E-state index in [1.807, 2.05) is 44.2 Å². The summed E-state index contributed by atoms with van der Waals surface area (Å²) in [6.45, 7) is 4.60. The number of nitrogens with zero attached hydrogens (tertiary/aromatic N) is 2. The molecule has 0 aliphatic carbocycles. The minimum atomic E-state index is -3.58. The quantitative estimate of drug-likeness (QED) is 0.568. The second-order valence-corrected chi connectivity index (χ2v) is 9.92. The van der Waals surface area contributed by atoms with Gasteiger partial charge in [0.05, 0.1) is 10.8 Å². The summed E-state index contributed by atoms with van der Waals surface area (Å²) in [6.07, 6.45) is 0.806. The van der Waals surface area contributed by atoms with E-state index in [9.17, 15) is 18.0 Å². The highest BCUT2D eigenvalue weighted by molar-refractivity contribution is 7.89. The van der Waals surface area contributed by atoms with Gasteiger partial charge in [-0.3, -0.25) is 9.59 Å². The highest BCUT2D eigenvalue weighted by Gasteiger charge is 2.31. The molecule has 0 radical (unpaired) electrons. The molecule has 172 valence electrons. The van der Waals surface area contributed by atoms with Crippen LogP contribution in [0, 0.1) is 5.92 Å². The average molecular weight is 459 g/mol. The zero-order chi connectivity index (χ0) is 23.1. The zero-order valence-corrected chi connectivity index (χ0v) is 19.3. The van der Waals surface area contributed by atoms with E-state index < -0.39 is 21.9 Å². The maximum absolute atomic E-state index is 12.8. The molecule has 1 saturated heterocycles. The molecule has 1 fully saturated rings. The number of sulfonamides is 1. The zero-order valence-electron chi connectivity index (χ0n) is 18.5. The molecule has 2 aromatic rings. The summed E-state index contributed by atoms with van der Waals surface area (Å²) in [5, 5.41) is 0. The fourth-order valence-corrected chi connectivity index (χ4v) is 5.27. The van der Waals surface area contributed by atoms with Crippen molar-refractivity contribution in [1.29, 1.82) is 0 Å². The number of carbonyl (C=O) groups is 2. The molecule has 8 heteroatoms. The van der Waals surface area contributed by atoms with Crippen molar-refractivity contribution in [3.8, 4) is 0 Å². The molecule has 2 unspecified atom stereocenters. The van der Waals surface area contributed by atoms with E-state index in [0.29, 0.717) is 0 Å². The summed E-state index contributed by atoms with van der Waals surface area (Å²) >= 11 is 0. The second kappa shape index (κ2) is 10.7. The molecule has 7 nitrogen and oxygen atoms in total. The standard InChI is InChI=1S/C24H30N2O5S/c1-3-19(2)23(20-10-6-4-7-11-20)24(28)31-18-22(27)25-14-16-26(17-15-25)32(29,30)21-12-8-5-9-13-21/h4-13,19,23H,3,14-18H2,1-2H3. The fraction of sp³-hybridized carbons (Fsp3) is 0.417. The molecule has 1 aliphatic rings. The van der Waals surface area contributed by atoms with Gasteiger partial charge in [0.25, 0.3) is 5.91 Å². The maximum Gasteiger partial charge on any atom is 0.314 e. The van der Waals surface area contributed by atoms with Crippen LogP contribution in [0.25, 0.3) is 0 Å². The summed E-state index contributed by atoms with van der Waals surface area (Å²) in [5.41, 5.74) is 0.874. The van der Waals surface area contributed by atoms with Crippen molar-refractivity contribution in [2.45, 2.75) is 31.1 Å². The Labute approximate surface area is 190 Å². The molecule has 0 aromatic heterocycles. The van der Waals surface area contributed by atoms with Crippen LogP contribution in [0.5, 0.6) is 0 Å². The van der Waals surface area contributed by atoms with E-state index in [1.165, 1.54) is 4.31 Å². The minimum absolute atomic E-state index is 0.0757. The number of piperazine rings is 1. The van der Waals surface area contributed by atoms with Crippen molar-refractivity contribution >= 4 is 21.9 Å². The van der Waals surface area contributed by atoms with Gasteiger partial charge in [-0.1, -0.05) is 68.8 Å². The van der Waals surface area contributed by atoms with Gasteiger partial charge in [0.2, 0.25) is 10.0 Å². The van der Waals surface area contributed by atoms with Crippen LogP contribution in [0.2, 0.25) is 0 Å². The number of ether oxygens (including phenoxy) is 1. The first-order valence-corrected chi connectivity index (χ1v) is 12.3. The van der Waals surface area contributed by atoms with Crippen molar-refractivity contribution in [3.05, 3.63) is 66.2 Å². The molecular formula is C24H30N2O5S. The molecule has 0 saturated carbocycles. The smallest absolute Gasteiger partial charge is 0.314 e. The van der Waals surface area contributed by atoms with Crippen LogP contribution in [0.1, 0.15) is 31.7 Å². The van der Waals surface area contributed by atoms with Crippen molar-refractivity contribution < 1.29 is 22.7 Å². The van der Waals surface area contributed by atoms with Crippen LogP contribution < -0.4 is 0 Å². The van der Waals surface area contributed by atoms with Crippen molar-refractivity contribution in [2.24, 2.45) is 5.92 Å². The van der Waals surface area contributed by atoms with Crippen LogP contribution in [-0.2, 0) is 24.3 Å². The molecule has 2 aromatic carbocycles. The maximum atomic E-state index is 12.8. The summed E-state index contributed by atoms with van der Waals surface area (Å²) in [4.78, 5) is 27.2. The second-order valence-electron chi connectivity index (χ2n) is 7.98. The third kappa shape index (κ3) is 5.55. The molecule has 2 atom stereocenters. The topological polar surface area (TPSA) is 84.0 Å². The first kappa shape index (κ1) is 23.9. The van der Waals surface area contributed by atoms with Crippen molar-refractivity contribution in [3.63, 3.8) is 0 Å². The highest BCUT2D eigenvalue weighted by Crippen LogP contribution is 2.28. The number of hydrogen-bond donors (Lipinski definition) is 0. The molecule has 1 heterocycles. The monoisotopic (exact) mass is 458 g/mol. The lowest BCUT2D eigenvalue weighted by Gasteiger charge is -2.34. The molecule has 32 heavy (non-hydrogen) atoms. The van der Waals surface area contributed by atoms with Crippen molar-refractivity contribution in [2.75, 3.05) is 32.8 Å². The Balaban J connectivity index is 1.55. The summed E-state index contributed by atoms with van der Waals surface area (Å²) in [7, 11) is -3.58. The predicted octanol–water partition coefficient (Wildman–Crippen LogP) is 2.89. The lowest BCUT2D eigenvalue weighted by atomic mass is 9.86. The number of benzene rings is 2. The third-order valence-corrected chi connectivity index (χ3v) is 7.85. The third-order valence-electron chi connectivity index (χ3n) is 5.94. The van der Waals surface area contributed by atoms with E-state index in [2.05, 4.69) is 0 Å². The molecule has 3 rings (SSSR count). The van der Waals surface area contributed by atoms with Gasteiger partial charge >= 0.3 is 5.97 Å². The van der Waals surface area contributed by atoms with Gasteiger partial charge in [-0.25, -0.2) is 8.42 Å². The van der Waals surface area contributed by atoms with Gasteiger partial charge in [0, 0.05) is 26.2 Å². The Morgan fingerprint density at radius 3 is 2.06 bits per heavy atom. The van der Waals surface area contributed by atoms with Gasteiger partial charge < -0.3 is 9.64 Å². The number of amides is 1. The number of rotatable bonds is 8. The van der Waals surface area contributed by atoms with Crippen LogP contribution in [-0.4, -0.2) is 62.3 Å². The van der Waals surface area contributed by atoms with E-state index in [0.717, 1.165) is 12.0 Å². The van der Waals surface area contributed by atoms with Gasteiger partial charge in [-0.05, 0) is 23.6 Å². The normalized spacial score (nSPS) is 16.9. The first-order valence-electron chi connectivity index (χ1n) is 10.9. The van der Waals surface area contributed by atoms with Crippen LogP contribution in [0.3, 0.4) is 0 Å². The Morgan fingerprint density at radius 2 is 1.50 bits per heavy atom. The Kier molecular flexibility index (Phi) is 8.04. The first-order chi connectivity index (χ1) is 15.3. The highest BCUT2D eigenvalue weighted by atomic mass is 32.2. The van der Waals surface area contributed by atoms with Gasteiger partial charge in [0.15, 0.2) is 6.61 Å². The molecular weight excluding hydrogens is 428 g/mol. The summed E-state index contributed by atoms with van der Waals surface area (Å²) in [5.74, 6) is -1.08. The lowest BCUT2D eigenvalue weighted by Crippen LogP contribution is -2.51. The number of esters is 1. The lowest BCUT2D eigenvalue weighted by molar-refractivity contribution is -0.154. The van der Waals surface area contributed by atoms with Crippen molar-refractivity contribution in [1.82, 2.24) is 9.21 Å². The average Bonchev–Trinajstić information content (AvgIpc) is 2.83. The Bertz CT molecular complexity index is 1000. The number of hydrogen-bond acceptors (Lipinski definition) is 5. The number of carbonyl (C=O) groups excluding carboxylic acids is 2. The van der Waals surface area contributed by atoms with Crippen LogP contribution >= 0.6 is 0 Å². The molecule has 0 N–H and O–H groups in total. The Morgan fingerprint density at radius 1 is 0.938 bits per heavy atom. The molecule has 1 amide bonds.